The Labute approximate surface area is 115 Å². The average Bonchev–Trinajstić information content (AvgIpc) is 2.84. The summed E-state index contributed by atoms with van der Waals surface area (Å²) >= 11 is 0. The Morgan fingerprint density at radius 3 is 2.47 bits per heavy atom. The fourth-order valence-electron chi connectivity index (χ4n) is 2.52. The summed E-state index contributed by atoms with van der Waals surface area (Å²) in [6.07, 6.45) is 11.0. The van der Waals surface area contributed by atoms with Gasteiger partial charge in [0.05, 0.1) is 12.0 Å². The molecule has 4 heteroatoms. The van der Waals surface area contributed by atoms with Crippen LogP contribution in [0.2, 0.25) is 0 Å². The molecule has 0 spiro atoms. The molecule has 2 heterocycles. The molecule has 0 aliphatic rings. The summed E-state index contributed by atoms with van der Waals surface area (Å²) in [6.45, 7) is 4.47. The van der Waals surface area contributed by atoms with Crippen molar-refractivity contribution in [2.24, 2.45) is 0 Å². The molecule has 19 heavy (non-hydrogen) atoms. The third-order valence-corrected chi connectivity index (χ3v) is 3.67. The monoisotopic (exact) mass is 260 g/mol. The summed E-state index contributed by atoms with van der Waals surface area (Å²) in [5.74, 6) is 0. The number of fused-ring (bicyclic) bond motifs is 1. The summed E-state index contributed by atoms with van der Waals surface area (Å²) in [6, 6.07) is 2.31. The van der Waals surface area contributed by atoms with Gasteiger partial charge in [-0.3, -0.25) is 0 Å². The summed E-state index contributed by atoms with van der Waals surface area (Å²) in [5, 5.41) is 0. The van der Waals surface area contributed by atoms with Gasteiger partial charge in [0, 0.05) is 12.2 Å². The van der Waals surface area contributed by atoms with Crippen molar-refractivity contribution in [1.82, 2.24) is 14.5 Å². The first kappa shape index (κ1) is 13.8. The standard InChI is InChI=1S/C15H24N4/c1-3-5-7-12(8-6-4-2)19-11-18-14-13(16)9-10-17-15(14)19/h9-12H,3-8H2,1-2H3,(H2,16,17). The molecule has 2 aromatic heterocycles. The largest absolute Gasteiger partial charge is 0.397 e. The van der Waals surface area contributed by atoms with Crippen molar-refractivity contribution in [2.45, 2.75) is 58.4 Å². The van der Waals surface area contributed by atoms with Crippen molar-refractivity contribution in [2.75, 3.05) is 5.73 Å². The van der Waals surface area contributed by atoms with Crippen LogP contribution >= 0.6 is 0 Å². The van der Waals surface area contributed by atoms with Crippen molar-refractivity contribution < 1.29 is 0 Å². The SMILES string of the molecule is CCCCC(CCCC)n1cnc2c(N)ccnc21. The van der Waals surface area contributed by atoms with Gasteiger partial charge in [0.15, 0.2) is 5.65 Å². The van der Waals surface area contributed by atoms with E-state index in [1.807, 2.05) is 12.4 Å². The van der Waals surface area contributed by atoms with E-state index in [-0.39, 0.29) is 0 Å². The van der Waals surface area contributed by atoms with Crippen LogP contribution in [0.3, 0.4) is 0 Å². The summed E-state index contributed by atoms with van der Waals surface area (Å²) in [4.78, 5) is 8.89. The normalized spacial score (nSPS) is 11.5. The van der Waals surface area contributed by atoms with Crippen molar-refractivity contribution in [3.05, 3.63) is 18.6 Å². The van der Waals surface area contributed by atoms with Crippen LogP contribution in [0.5, 0.6) is 0 Å². The van der Waals surface area contributed by atoms with E-state index in [1.165, 1.54) is 38.5 Å². The topological polar surface area (TPSA) is 56.7 Å². The lowest BCUT2D eigenvalue weighted by Gasteiger charge is -2.18. The molecule has 0 radical (unpaired) electrons. The zero-order valence-electron chi connectivity index (χ0n) is 12.0. The van der Waals surface area contributed by atoms with Gasteiger partial charge in [0.25, 0.3) is 0 Å². The number of nitrogens with two attached hydrogens (primary N) is 1. The second-order valence-corrected chi connectivity index (χ2v) is 5.16. The van der Waals surface area contributed by atoms with E-state index in [0.29, 0.717) is 11.7 Å². The molecule has 0 saturated carbocycles. The third kappa shape index (κ3) is 3.06. The van der Waals surface area contributed by atoms with Crippen molar-refractivity contribution in [1.29, 1.82) is 0 Å². The number of anilines is 1. The highest BCUT2D eigenvalue weighted by molar-refractivity contribution is 5.83. The molecular formula is C15H24N4. The highest BCUT2D eigenvalue weighted by Crippen LogP contribution is 2.27. The van der Waals surface area contributed by atoms with Crippen molar-refractivity contribution in [3.8, 4) is 0 Å². The smallest absolute Gasteiger partial charge is 0.162 e. The number of hydrogen-bond donors (Lipinski definition) is 1. The molecular weight excluding hydrogens is 236 g/mol. The molecule has 0 unspecified atom stereocenters. The van der Waals surface area contributed by atoms with Crippen molar-refractivity contribution in [3.63, 3.8) is 0 Å². The van der Waals surface area contributed by atoms with Crippen LogP contribution in [0.25, 0.3) is 11.2 Å². The molecule has 2 rings (SSSR count). The summed E-state index contributed by atoms with van der Waals surface area (Å²) < 4.78 is 2.22. The number of rotatable bonds is 7. The molecule has 4 nitrogen and oxygen atoms in total. The molecule has 0 fully saturated rings. The Morgan fingerprint density at radius 1 is 1.16 bits per heavy atom. The van der Waals surface area contributed by atoms with E-state index >= 15 is 0 Å². The van der Waals surface area contributed by atoms with Gasteiger partial charge >= 0.3 is 0 Å². The number of hydrogen-bond acceptors (Lipinski definition) is 3. The van der Waals surface area contributed by atoms with Gasteiger partial charge in [-0.15, -0.1) is 0 Å². The molecule has 104 valence electrons. The summed E-state index contributed by atoms with van der Waals surface area (Å²) in [5.41, 5.74) is 8.43. The van der Waals surface area contributed by atoms with Gasteiger partial charge in [0.1, 0.15) is 5.52 Å². The molecule has 0 atom stereocenters. The number of nitrogen functional groups attached to an aromatic ring is 1. The van der Waals surface area contributed by atoms with Crippen molar-refractivity contribution >= 4 is 16.9 Å². The number of aromatic nitrogens is 3. The highest BCUT2D eigenvalue weighted by atomic mass is 15.1. The van der Waals surface area contributed by atoms with E-state index in [2.05, 4.69) is 28.4 Å². The minimum absolute atomic E-state index is 0.499. The average molecular weight is 260 g/mol. The Kier molecular flexibility index (Phi) is 4.77. The third-order valence-electron chi connectivity index (χ3n) is 3.67. The first-order valence-corrected chi connectivity index (χ1v) is 7.35. The van der Waals surface area contributed by atoms with Crippen LogP contribution in [0.15, 0.2) is 18.6 Å². The van der Waals surface area contributed by atoms with Crippen LogP contribution in [-0.2, 0) is 0 Å². The predicted octanol–water partition coefficient (Wildman–Crippen LogP) is 3.94. The van der Waals surface area contributed by atoms with E-state index in [1.54, 1.807) is 6.20 Å². The maximum absolute atomic E-state index is 5.95. The fourth-order valence-corrected chi connectivity index (χ4v) is 2.52. The Hall–Kier alpha value is -1.58. The molecule has 2 aromatic rings. The lowest BCUT2D eigenvalue weighted by Crippen LogP contribution is -2.09. The Balaban J connectivity index is 2.29. The van der Waals surface area contributed by atoms with Crippen LogP contribution in [0.1, 0.15) is 58.4 Å². The van der Waals surface area contributed by atoms with Crippen LogP contribution in [0.4, 0.5) is 5.69 Å². The quantitative estimate of drug-likeness (QED) is 0.820. The Morgan fingerprint density at radius 2 is 1.84 bits per heavy atom. The van der Waals surface area contributed by atoms with Gasteiger partial charge in [0.2, 0.25) is 0 Å². The van der Waals surface area contributed by atoms with Gasteiger partial charge in [-0.05, 0) is 18.9 Å². The first-order valence-electron chi connectivity index (χ1n) is 7.35. The molecule has 0 aromatic carbocycles. The molecule has 0 aliphatic heterocycles. The minimum Gasteiger partial charge on any atom is -0.397 e. The number of pyridine rings is 1. The predicted molar refractivity (Wildman–Crippen MR) is 80.0 cm³/mol. The zero-order valence-corrected chi connectivity index (χ0v) is 12.0. The number of unbranched alkanes of at least 4 members (excludes halogenated alkanes) is 2. The summed E-state index contributed by atoms with van der Waals surface area (Å²) in [7, 11) is 0. The van der Waals surface area contributed by atoms with Gasteiger partial charge in [-0.1, -0.05) is 39.5 Å². The number of nitrogens with zero attached hydrogens (tertiary/aromatic N) is 3. The van der Waals surface area contributed by atoms with E-state index in [0.717, 1.165) is 11.2 Å². The van der Waals surface area contributed by atoms with Gasteiger partial charge in [-0.25, -0.2) is 9.97 Å². The Bertz CT molecular complexity index is 510. The second-order valence-electron chi connectivity index (χ2n) is 5.16. The maximum Gasteiger partial charge on any atom is 0.162 e. The lowest BCUT2D eigenvalue weighted by atomic mass is 10.0. The second kappa shape index (κ2) is 6.55. The molecule has 0 aliphatic carbocycles. The van der Waals surface area contributed by atoms with Crippen LogP contribution < -0.4 is 5.73 Å². The first-order chi connectivity index (χ1) is 9.27. The number of imidazole rings is 1. The highest BCUT2D eigenvalue weighted by Gasteiger charge is 2.15. The fraction of sp³-hybridized carbons (Fsp3) is 0.600. The molecule has 0 saturated heterocycles. The van der Waals surface area contributed by atoms with Crippen LogP contribution in [0, 0.1) is 0 Å². The van der Waals surface area contributed by atoms with Gasteiger partial charge < -0.3 is 10.3 Å². The van der Waals surface area contributed by atoms with E-state index < -0.39 is 0 Å². The molecule has 0 amide bonds. The van der Waals surface area contributed by atoms with E-state index in [9.17, 15) is 0 Å². The lowest BCUT2D eigenvalue weighted by molar-refractivity contribution is 0.415. The molecule has 2 N–H and O–H groups in total. The minimum atomic E-state index is 0.499. The maximum atomic E-state index is 5.95. The molecule has 0 bridgehead atoms. The zero-order chi connectivity index (χ0) is 13.7. The van der Waals surface area contributed by atoms with Gasteiger partial charge in [-0.2, -0.15) is 0 Å². The van der Waals surface area contributed by atoms with Crippen LogP contribution in [-0.4, -0.2) is 14.5 Å². The van der Waals surface area contributed by atoms with E-state index in [4.69, 9.17) is 5.73 Å².